The van der Waals surface area contributed by atoms with Gasteiger partial charge < -0.3 is 9.47 Å². The number of hydrogen-bond acceptors (Lipinski definition) is 4. The Morgan fingerprint density at radius 2 is 1.88 bits per heavy atom. The average molecular weight is 373 g/mol. The molecule has 0 aliphatic heterocycles. The third kappa shape index (κ3) is 4.29. The van der Waals surface area contributed by atoms with Crippen molar-refractivity contribution < 1.29 is 4.79 Å². The molecule has 3 rings (SSSR count). The van der Waals surface area contributed by atoms with Gasteiger partial charge in [0.15, 0.2) is 5.16 Å². The molecule has 0 spiro atoms. The van der Waals surface area contributed by atoms with Gasteiger partial charge in [0, 0.05) is 24.7 Å². The maximum Gasteiger partial charge on any atom is 0.237 e. The summed E-state index contributed by atoms with van der Waals surface area (Å²) < 4.78 is 2.20. The van der Waals surface area contributed by atoms with Gasteiger partial charge in [0.25, 0.3) is 0 Å². The molecule has 0 N–H and O–H groups in total. The van der Waals surface area contributed by atoms with Crippen molar-refractivity contribution in [3.05, 3.63) is 36.2 Å². The van der Waals surface area contributed by atoms with Crippen LogP contribution in [0, 0.1) is 0 Å². The van der Waals surface area contributed by atoms with Crippen molar-refractivity contribution in [3.8, 4) is 0 Å². The lowest BCUT2D eigenvalue weighted by atomic mass is 9.89. The molecule has 5 nitrogen and oxygen atoms in total. The normalized spacial score (nSPS) is 15.2. The highest BCUT2D eigenvalue weighted by Crippen LogP contribution is 2.33. The van der Waals surface area contributed by atoms with E-state index in [9.17, 15) is 4.79 Å². The summed E-state index contributed by atoms with van der Waals surface area (Å²) in [6, 6.07) is 9.84. The monoisotopic (exact) mass is 372 g/mol. The number of benzene rings is 1. The van der Waals surface area contributed by atoms with Gasteiger partial charge >= 0.3 is 0 Å². The van der Waals surface area contributed by atoms with E-state index >= 15 is 0 Å². The minimum Gasteiger partial charge on any atom is -0.312 e. The van der Waals surface area contributed by atoms with Crippen LogP contribution in [0.15, 0.2) is 35.5 Å². The molecule has 1 heterocycles. The van der Waals surface area contributed by atoms with Crippen LogP contribution in [0.3, 0.4) is 0 Å². The van der Waals surface area contributed by atoms with Crippen molar-refractivity contribution in [1.29, 1.82) is 0 Å². The molecular weight excluding hydrogens is 344 g/mol. The molecule has 0 atom stereocenters. The molecule has 1 aromatic carbocycles. The maximum atomic E-state index is 12.7. The van der Waals surface area contributed by atoms with Crippen LogP contribution in [0.1, 0.15) is 57.7 Å². The van der Waals surface area contributed by atoms with Crippen molar-refractivity contribution in [1.82, 2.24) is 14.8 Å². The number of nitrogens with zero attached hydrogens (tertiary/aromatic N) is 4. The summed E-state index contributed by atoms with van der Waals surface area (Å²) in [6.07, 6.45) is 6.31. The van der Waals surface area contributed by atoms with Gasteiger partial charge in [0.1, 0.15) is 5.82 Å². The molecule has 1 saturated carbocycles. The van der Waals surface area contributed by atoms with E-state index in [1.54, 1.807) is 0 Å². The SMILES string of the molecule is CCN(C(=O)CSc1nnc(C2CCCCC2)n1CC)c1ccccc1. The Hall–Kier alpha value is -1.82. The van der Waals surface area contributed by atoms with Gasteiger partial charge in [-0.05, 0) is 38.8 Å². The third-order valence-electron chi connectivity index (χ3n) is 5.04. The van der Waals surface area contributed by atoms with Gasteiger partial charge in [-0.25, -0.2) is 0 Å². The molecule has 1 amide bonds. The predicted molar refractivity (Wildman–Crippen MR) is 107 cm³/mol. The summed E-state index contributed by atoms with van der Waals surface area (Å²) in [5.74, 6) is 2.12. The number of carbonyl (C=O) groups is 1. The third-order valence-corrected chi connectivity index (χ3v) is 5.99. The van der Waals surface area contributed by atoms with E-state index in [0.29, 0.717) is 18.2 Å². The summed E-state index contributed by atoms with van der Waals surface area (Å²) in [7, 11) is 0. The van der Waals surface area contributed by atoms with Gasteiger partial charge in [-0.2, -0.15) is 0 Å². The van der Waals surface area contributed by atoms with Crippen molar-refractivity contribution in [2.75, 3.05) is 17.2 Å². The fourth-order valence-electron chi connectivity index (χ4n) is 3.68. The first-order valence-corrected chi connectivity index (χ1v) is 10.6. The van der Waals surface area contributed by atoms with Crippen molar-refractivity contribution in [2.45, 2.75) is 63.6 Å². The first-order valence-electron chi connectivity index (χ1n) is 9.65. The Labute approximate surface area is 160 Å². The van der Waals surface area contributed by atoms with Gasteiger partial charge in [-0.3, -0.25) is 4.79 Å². The number of carbonyl (C=O) groups excluding carboxylic acids is 1. The second kappa shape index (κ2) is 9.21. The average Bonchev–Trinajstić information content (AvgIpc) is 3.11. The molecule has 0 saturated heterocycles. The van der Waals surface area contributed by atoms with E-state index in [-0.39, 0.29) is 5.91 Å². The molecule has 2 aromatic rings. The quantitative estimate of drug-likeness (QED) is 0.672. The van der Waals surface area contributed by atoms with Crippen LogP contribution in [0.4, 0.5) is 5.69 Å². The molecule has 140 valence electrons. The first-order chi connectivity index (χ1) is 12.7. The lowest BCUT2D eigenvalue weighted by molar-refractivity contribution is -0.116. The highest BCUT2D eigenvalue weighted by atomic mass is 32.2. The minimum absolute atomic E-state index is 0.105. The molecular formula is C20H28N4OS. The molecule has 0 unspecified atom stereocenters. The van der Waals surface area contributed by atoms with Gasteiger partial charge in [-0.15, -0.1) is 10.2 Å². The summed E-state index contributed by atoms with van der Waals surface area (Å²) in [4.78, 5) is 14.5. The van der Waals surface area contributed by atoms with Crippen LogP contribution in [0.25, 0.3) is 0 Å². The summed E-state index contributed by atoms with van der Waals surface area (Å²) in [5, 5.41) is 9.74. The maximum absolute atomic E-state index is 12.7. The van der Waals surface area contributed by atoms with Crippen molar-refractivity contribution in [2.24, 2.45) is 0 Å². The molecule has 26 heavy (non-hydrogen) atoms. The fraction of sp³-hybridized carbons (Fsp3) is 0.550. The standard InChI is InChI=1S/C20H28N4OS/c1-3-23(17-13-9-6-10-14-17)18(25)15-26-20-22-21-19(24(20)4-2)16-11-7-5-8-12-16/h6,9-10,13-14,16H,3-5,7-8,11-12,15H2,1-2H3. The number of aromatic nitrogens is 3. The second-order valence-corrected chi connectivity index (χ2v) is 7.62. The van der Waals surface area contributed by atoms with Gasteiger partial charge in [0.2, 0.25) is 5.91 Å². The zero-order valence-electron chi connectivity index (χ0n) is 15.7. The van der Waals surface area contributed by atoms with E-state index in [4.69, 9.17) is 0 Å². The van der Waals surface area contributed by atoms with Gasteiger partial charge in [-0.1, -0.05) is 49.2 Å². The smallest absolute Gasteiger partial charge is 0.237 e. The predicted octanol–water partition coefficient (Wildman–Crippen LogP) is 4.49. The van der Waals surface area contributed by atoms with E-state index < -0.39 is 0 Å². The summed E-state index contributed by atoms with van der Waals surface area (Å²) in [6.45, 7) is 5.65. The molecule has 1 aromatic heterocycles. The Balaban J connectivity index is 1.67. The summed E-state index contributed by atoms with van der Waals surface area (Å²) >= 11 is 1.50. The molecule has 1 aliphatic rings. The van der Waals surface area contributed by atoms with Crippen molar-refractivity contribution >= 4 is 23.4 Å². The Morgan fingerprint density at radius 1 is 1.15 bits per heavy atom. The number of anilines is 1. The molecule has 1 fully saturated rings. The number of rotatable bonds is 7. The molecule has 6 heteroatoms. The van der Waals surface area contributed by atoms with E-state index in [1.807, 2.05) is 42.2 Å². The largest absolute Gasteiger partial charge is 0.312 e. The Bertz CT molecular complexity index is 710. The molecule has 1 aliphatic carbocycles. The zero-order valence-corrected chi connectivity index (χ0v) is 16.5. The van der Waals surface area contributed by atoms with Crippen LogP contribution in [0.2, 0.25) is 0 Å². The number of thioether (sulfide) groups is 1. The van der Waals surface area contributed by atoms with Crippen LogP contribution in [0.5, 0.6) is 0 Å². The van der Waals surface area contributed by atoms with Crippen molar-refractivity contribution in [3.63, 3.8) is 0 Å². The van der Waals surface area contributed by atoms with E-state index in [0.717, 1.165) is 23.2 Å². The number of hydrogen-bond donors (Lipinski definition) is 0. The fourth-order valence-corrected chi connectivity index (χ4v) is 4.57. The van der Waals surface area contributed by atoms with Crippen LogP contribution in [-0.2, 0) is 11.3 Å². The molecule has 0 radical (unpaired) electrons. The van der Waals surface area contributed by atoms with Crippen LogP contribution in [-0.4, -0.2) is 33.0 Å². The lowest BCUT2D eigenvalue weighted by Crippen LogP contribution is -2.32. The number of amides is 1. The topological polar surface area (TPSA) is 51.0 Å². The van der Waals surface area contributed by atoms with Crippen LogP contribution < -0.4 is 4.90 Å². The highest BCUT2D eigenvalue weighted by Gasteiger charge is 2.23. The highest BCUT2D eigenvalue weighted by molar-refractivity contribution is 7.99. The second-order valence-electron chi connectivity index (χ2n) is 6.68. The Kier molecular flexibility index (Phi) is 6.72. The van der Waals surface area contributed by atoms with E-state index in [1.165, 1.54) is 43.9 Å². The minimum atomic E-state index is 0.105. The first kappa shape index (κ1) is 19.0. The number of para-hydroxylation sites is 1. The lowest BCUT2D eigenvalue weighted by Gasteiger charge is -2.22. The Morgan fingerprint density at radius 3 is 2.54 bits per heavy atom. The van der Waals surface area contributed by atoms with Crippen LogP contribution >= 0.6 is 11.8 Å². The van der Waals surface area contributed by atoms with E-state index in [2.05, 4.69) is 21.7 Å². The summed E-state index contributed by atoms with van der Waals surface area (Å²) in [5.41, 5.74) is 0.945. The molecule has 0 bridgehead atoms. The van der Waals surface area contributed by atoms with Gasteiger partial charge in [0.05, 0.1) is 5.75 Å². The zero-order chi connectivity index (χ0) is 18.4.